The first-order valence-electron chi connectivity index (χ1n) is 4.58. The number of aromatic hydroxyl groups is 2. The molecule has 4 heteroatoms. The molecule has 0 aliphatic heterocycles. The highest BCUT2D eigenvalue weighted by Gasteiger charge is 2.10. The maximum Gasteiger partial charge on any atom is 0.200 e. The standard InChI is InChI=1S/C11H15NO3/c1-7(3-4-12)8-5-9(13)11(14)10(6-8)15-2/h5-6,13-14H,1,3-4,12H2,2H3. The van der Waals surface area contributed by atoms with Gasteiger partial charge in [-0.15, -0.1) is 0 Å². The Kier molecular flexibility index (Phi) is 3.57. The lowest BCUT2D eigenvalue weighted by Gasteiger charge is -2.10. The summed E-state index contributed by atoms with van der Waals surface area (Å²) in [7, 11) is 1.42. The number of benzene rings is 1. The number of nitrogens with two attached hydrogens (primary N) is 1. The lowest BCUT2D eigenvalue weighted by atomic mass is 10.0. The van der Waals surface area contributed by atoms with Crippen LogP contribution in [0.1, 0.15) is 12.0 Å². The first-order valence-corrected chi connectivity index (χ1v) is 4.58. The van der Waals surface area contributed by atoms with Crippen molar-refractivity contribution in [1.82, 2.24) is 0 Å². The molecule has 0 fully saturated rings. The third-order valence-electron chi connectivity index (χ3n) is 2.13. The summed E-state index contributed by atoms with van der Waals surface area (Å²) in [4.78, 5) is 0. The molecule has 0 unspecified atom stereocenters. The third-order valence-corrected chi connectivity index (χ3v) is 2.13. The first kappa shape index (κ1) is 11.4. The van der Waals surface area contributed by atoms with E-state index in [0.717, 1.165) is 5.57 Å². The Hall–Kier alpha value is -1.68. The van der Waals surface area contributed by atoms with Gasteiger partial charge in [-0.2, -0.15) is 0 Å². The Balaban J connectivity index is 3.10. The number of hydrogen-bond acceptors (Lipinski definition) is 4. The lowest BCUT2D eigenvalue weighted by Crippen LogP contribution is -1.99. The van der Waals surface area contributed by atoms with Crippen molar-refractivity contribution in [3.8, 4) is 17.2 Å². The van der Waals surface area contributed by atoms with Crippen molar-refractivity contribution in [3.05, 3.63) is 24.3 Å². The quantitative estimate of drug-likeness (QED) is 0.656. The Morgan fingerprint density at radius 2 is 2.13 bits per heavy atom. The number of hydrogen-bond donors (Lipinski definition) is 3. The van der Waals surface area contributed by atoms with Crippen LogP contribution in [0.2, 0.25) is 0 Å². The molecule has 0 aliphatic carbocycles. The normalized spacial score (nSPS) is 10.0. The van der Waals surface area contributed by atoms with Crippen LogP contribution in [0.3, 0.4) is 0 Å². The molecule has 0 radical (unpaired) electrons. The van der Waals surface area contributed by atoms with Crippen molar-refractivity contribution in [3.63, 3.8) is 0 Å². The van der Waals surface area contributed by atoms with Gasteiger partial charge in [0.2, 0.25) is 5.75 Å². The molecule has 4 N–H and O–H groups in total. The van der Waals surface area contributed by atoms with Crippen molar-refractivity contribution >= 4 is 5.57 Å². The Labute approximate surface area is 88.6 Å². The van der Waals surface area contributed by atoms with Gasteiger partial charge < -0.3 is 20.7 Å². The molecule has 0 saturated heterocycles. The van der Waals surface area contributed by atoms with Crippen molar-refractivity contribution in [2.24, 2.45) is 5.73 Å². The van der Waals surface area contributed by atoms with Crippen LogP contribution in [-0.2, 0) is 0 Å². The first-order chi connectivity index (χ1) is 7.10. The lowest BCUT2D eigenvalue weighted by molar-refractivity contribution is 0.351. The fourth-order valence-corrected chi connectivity index (χ4v) is 1.27. The summed E-state index contributed by atoms with van der Waals surface area (Å²) in [6.07, 6.45) is 0.632. The Morgan fingerprint density at radius 1 is 1.47 bits per heavy atom. The van der Waals surface area contributed by atoms with Crippen molar-refractivity contribution < 1.29 is 14.9 Å². The SMILES string of the molecule is C=C(CCN)c1cc(O)c(O)c(OC)c1. The zero-order chi connectivity index (χ0) is 11.4. The molecule has 0 aromatic heterocycles. The van der Waals surface area contributed by atoms with Crippen LogP contribution in [-0.4, -0.2) is 23.9 Å². The highest BCUT2D eigenvalue weighted by Crippen LogP contribution is 2.38. The average Bonchev–Trinajstić information content (AvgIpc) is 2.22. The van der Waals surface area contributed by atoms with Gasteiger partial charge in [0.1, 0.15) is 0 Å². The maximum atomic E-state index is 9.43. The molecule has 0 aliphatic rings. The Morgan fingerprint density at radius 3 is 2.67 bits per heavy atom. The number of phenolic OH excluding ortho intramolecular Hbond substituents is 2. The van der Waals surface area contributed by atoms with E-state index in [1.807, 2.05) is 0 Å². The molecule has 0 saturated carbocycles. The Bertz CT molecular complexity index is 374. The molecule has 0 atom stereocenters. The van der Waals surface area contributed by atoms with Crippen molar-refractivity contribution in [2.75, 3.05) is 13.7 Å². The van der Waals surface area contributed by atoms with Crippen molar-refractivity contribution in [1.29, 1.82) is 0 Å². The molecule has 4 nitrogen and oxygen atoms in total. The number of methoxy groups -OCH3 is 1. The molecular formula is C11H15NO3. The maximum absolute atomic E-state index is 9.43. The van der Waals surface area contributed by atoms with Crippen LogP contribution in [0, 0.1) is 0 Å². The van der Waals surface area contributed by atoms with E-state index in [2.05, 4.69) is 6.58 Å². The summed E-state index contributed by atoms with van der Waals surface area (Å²) in [5.41, 5.74) is 6.91. The summed E-state index contributed by atoms with van der Waals surface area (Å²) in [6, 6.07) is 3.06. The number of phenols is 2. The average molecular weight is 209 g/mol. The zero-order valence-electron chi connectivity index (χ0n) is 8.66. The minimum absolute atomic E-state index is 0.220. The van der Waals surface area contributed by atoms with Gasteiger partial charge in [0.05, 0.1) is 7.11 Å². The van der Waals surface area contributed by atoms with Crippen LogP contribution >= 0.6 is 0 Å². The zero-order valence-corrected chi connectivity index (χ0v) is 8.66. The second-order valence-corrected chi connectivity index (χ2v) is 3.19. The molecule has 1 aromatic carbocycles. The van der Waals surface area contributed by atoms with Gasteiger partial charge >= 0.3 is 0 Å². The van der Waals surface area contributed by atoms with E-state index < -0.39 is 0 Å². The summed E-state index contributed by atoms with van der Waals surface area (Å²) in [6.45, 7) is 4.32. The molecule has 0 spiro atoms. The van der Waals surface area contributed by atoms with Crippen LogP contribution in [0.15, 0.2) is 18.7 Å². The highest BCUT2D eigenvalue weighted by atomic mass is 16.5. The highest BCUT2D eigenvalue weighted by molar-refractivity contribution is 5.69. The van der Waals surface area contributed by atoms with Gasteiger partial charge in [-0.25, -0.2) is 0 Å². The molecular weight excluding hydrogens is 194 g/mol. The topological polar surface area (TPSA) is 75.7 Å². The van der Waals surface area contributed by atoms with Gasteiger partial charge in [0.15, 0.2) is 11.5 Å². The van der Waals surface area contributed by atoms with E-state index in [0.29, 0.717) is 18.5 Å². The minimum Gasteiger partial charge on any atom is -0.504 e. The largest absolute Gasteiger partial charge is 0.504 e. The molecule has 0 heterocycles. The third kappa shape index (κ3) is 2.41. The molecule has 0 bridgehead atoms. The predicted molar refractivity (Wildman–Crippen MR) is 59.0 cm³/mol. The van der Waals surface area contributed by atoms with E-state index in [9.17, 15) is 10.2 Å². The molecule has 82 valence electrons. The summed E-state index contributed by atoms with van der Waals surface area (Å²) < 4.78 is 4.91. The van der Waals surface area contributed by atoms with E-state index in [4.69, 9.17) is 10.5 Å². The van der Waals surface area contributed by atoms with Gasteiger partial charge in [0.25, 0.3) is 0 Å². The van der Waals surface area contributed by atoms with E-state index in [-0.39, 0.29) is 17.2 Å². The smallest absolute Gasteiger partial charge is 0.200 e. The fourth-order valence-electron chi connectivity index (χ4n) is 1.27. The number of ether oxygens (including phenoxy) is 1. The van der Waals surface area contributed by atoms with Gasteiger partial charge in [-0.05, 0) is 36.2 Å². The van der Waals surface area contributed by atoms with E-state index in [1.165, 1.54) is 13.2 Å². The second-order valence-electron chi connectivity index (χ2n) is 3.19. The number of rotatable bonds is 4. The van der Waals surface area contributed by atoms with Crippen LogP contribution in [0.5, 0.6) is 17.2 Å². The monoisotopic (exact) mass is 209 g/mol. The van der Waals surface area contributed by atoms with Gasteiger partial charge in [-0.3, -0.25) is 0 Å². The fraction of sp³-hybridized carbons (Fsp3) is 0.273. The summed E-state index contributed by atoms with van der Waals surface area (Å²) in [5.74, 6) is -0.257. The van der Waals surface area contributed by atoms with Crippen LogP contribution in [0.4, 0.5) is 0 Å². The van der Waals surface area contributed by atoms with Gasteiger partial charge in [-0.1, -0.05) is 6.58 Å². The molecule has 0 amide bonds. The van der Waals surface area contributed by atoms with Gasteiger partial charge in [0, 0.05) is 0 Å². The summed E-state index contributed by atoms with van der Waals surface area (Å²) >= 11 is 0. The second kappa shape index (κ2) is 4.70. The van der Waals surface area contributed by atoms with E-state index in [1.54, 1.807) is 6.07 Å². The molecule has 1 rings (SSSR count). The van der Waals surface area contributed by atoms with E-state index >= 15 is 0 Å². The predicted octanol–water partition coefficient (Wildman–Crippen LogP) is 1.47. The van der Waals surface area contributed by atoms with Crippen LogP contribution < -0.4 is 10.5 Å². The summed E-state index contributed by atoms with van der Waals surface area (Å²) in [5, 5.41) is 18.8. The minimum atomic E-state index is -0.262. The molecule has 1 aromatic rings. The molecule has 15 heavy (non-hydrogen) atoms. The van der Waals surface area contributed by atoms with Crippen molar-refractivity contribution in [2.45, 2.75) is 6.42 Å². The van der Waals surface area contributed by atoms with Crippen LogP contribution in [0.25, 0.3) is 5.57 Å².